The third-order valence-corrected chi connectivity index (χ3v) is 3.57. The van der Waals surface area contributed by atoms with Gasteiger partial charge in [-0.2, -0.15) is 0 Å². The Balaban J connectivity index is -0.0000000417. The Morgan fingerprint density at radius 2 is 1.56 bits per heavy atom. The van der Waals surface area contributed by atoms with Crippen molar-refractivity contribution in [3.05, 3.63) is 0 Å². The first kappa shape index (κ1) is 22.9. The maximum absolute atomic E-state index is 11.2. The summed E-state index contributed by atoms with van der Waals surface area (Å²) in [6.07, 6.45) is 0. The van der Waals surface area contributed by atoms with Crippen molar-refractivity contribution in [2.24, 2.45) is 0 Å². The maximum atomic E-state index is 11.2. The molecule has 0 aliphatic rings. The summed E-state index contributed by atoms with van der Waals surface area (Å²) in [6.45, 7) is 3.93. The smallest absolute Gasteiger partial charge is 0.343 e. The molecule has 0 aromatic heterocycles. The van der Waals surface area contributed by atoms with Gasteiger partial charge in [-0.3, -0.25) is 18.2 Å². The van der Waals surface area contributed by atoms with E-state index in [-0.39, 0.29) is 14.1 Å². The Kier molecular flexibility index (Phi) is 40.0. The van der Waals surface area contributed by atoms with Crippen LogP contribution in [0.2, 0.25) is 13.1 Å². The van der Waals surface area contributed by atoms with Crippen LogP contribution in [-0.4, -0.2) is 19.1 Å². The van der Waals surface area contributed by atoms with Crippen LogP contribution in [-0.2, 0) is 4.12 Å². The summed E-state index contributed by atoms with van der Waals surface area (Å²) in [5.74, 6) is 0. The van der Waals surface area contributed by atoms with Crippen molar-refractivity contribution in [1.82, 2.24) is 0 Å². The van der Waals surface area contributed by atoms with E-state index >= 15 is 0 Å². The SMILES string of the molecule is C[SiH](C)O[SiH2]F.F.F.F. The zero-order valence-electron chi connectivity index (χ0n) is 5.30. The molecule has 0 unspecified atom stereocenters. The minimum Gasteiger partial charge on any atom is -0.440 e. The van der Waals surface area contributed by atoms with Crippen molar-refractivity contribution in [1.29, 1.82) is 0 Å². The van der Waals surface area contributed by atoms with Gasteiger partial charge in [0.25, 0.3) is 0 Å². The molecule has 0 aromatic rings. The zero-order valence-corrected chi connectivity index (χ0v) is 7.86. The van der Waals surface area contributed by atoms with Crippen molar-refractivity contribution >= 4 is 19.1 Å². The van der Waals surface area contributed by atoms with E-state index in [1.165, 1.54) is 0 Å². The Morgan fingerprint density at radius 3 is 1.56 bits per heavy atom. The molecule has 0 aliphatic carbocycles. The molecule has 0 saturated carbocycles. The highest BCUT2D eigenvalue weighted by Crippen LogP contribution is 1.78. The maximum Gasteiger partial charge on any atom is 0.343 e. The molecule has 0 fully saturated rings. The monoisotopic (exact) mass is 184 g/mol. The largest absolute Gasteiger partial charge is 0.440 e. The van der Waals surface area contributed by atoms with Crippen LogP contribution < -0.4 is 0 Å². The van der Waals surface area contributed by atoms with Crippen LogP contribution in [0.25, 0.3) is 0 Å². The molecule has 0 atom stereocenters. The van der Waals surface area contributed by atoms with Crippen LogP contribution in [0.4, 0.5) is 18.2 Å². The van der Waals surface area contributed by atoms with Crippen LogP contribution in [0.5, 0.6) is 0 Å². The zero-order chi connectivity index (χ0) is 4.99. The molecule has 9 heavy (non-hydrogen) atoms. The van der Waals surface area contributed by atoms with Gasteiger partial charge < -0.3 is 4.12 Å². The Labute approximate surface area is 55.5 Å². The molecule has 1 nitrogen and oxygen atoms in total. The first-order valence-corrected chi connectivity index (χ1v) is 5.84. The lowest BCUT2D eigenvalue weighted by Crippen LogP contribution is -2.07. The predicted octanol–water partition coefficient (Wildman–Crippen LogP) is 0.412. The van der Waals surface area contributed by atoms with Crippen molar-refractivity contribution in [2.75, 3.05) is 0 Å². The standard InChI is InChI=1S/C2H9FOSi2.3FH/c1-6(2)4-5-3;;;/h6H,5H2,1-2H3;3*1H. The summed E-state index contributed by atoms with van der Waals surface area (Å²) in [6, 6.07) is 0. The van der Waals surface area contributed by atoms with E-state index in [4.69, 9.17) is 0 Å². The van der Waals surface area contributed by atoms with Crippen LogP contribution in [0.15, 0.2) is 0 Å². The second-order valence-electron chi connectivity index (χ2n) is 1.32. The summed E-state index contributed by atoms with van der Waals surface area (Å²) in [4.78, 5) is 0. The molecule has 0 saturated heterocycles. The van der Waals surface area contributed by atoms with E-state index in [0.29, 0.717) is 0 Å². The van der Waals surface area contributed by atoms with Crippen molar-refractivity contribution in [3.63, 3.8) is 0 Å². The molecule has 62 valence electrons. The highest BCUT2D eigenvalue weighted by Gasteiger charge is 1.90. The molecule has 0 aliphatic heterocycles. The van der Waals surface area contributed by atoms with E-state index in [1.54, 1.807) is 0 Å². The third-order valence-electron chi connectivity index (χ3n) is 0.396. The third kappa shape index (κ3) is 31.3. The van der Waals surface area contributed by atoms with Gasteiger partial charge in [-0.15, -0.1) is 0 Å². The Morgan fingerprint density at radius 1 is 1.22 bits per heavy atom. The van der Waals surface area contributed by atoms with Crippen molar-refractivity contribution in [2.45, 2.75) is 13.1 Å². The fourth-order valence-electron chi connectivity index (χ4n) is 0.126. The predicted molar refractivity (Wildman–Crippen MR) is 37.1 cm³/mol. The van der Waals surface area contributed by atoms with Crippen molar-refractivity contribution < 1.29 is 22.3 Å². The summed E-state index contributed by atoms with van der Waals surface area (Å²) in [5.41, 5.74) is 0. The quantitative estimate of drug-likeness (QED) is 0.343. The second kappa shape index (κ2) is 15.7. The lowest BCUT2D eigenvalue weighted by Gasteiger charge is -1.96. The first-order valence-electron chi connectivity index (χ1n) is 1.95. The average Bonchev–Trinajstić information content (AvgIpc) is 1.35. The lowest BCUT2D eigenvalue weighted by atomic mass is 11.9. The number of hydrogen-bond acceptors (Lipinski definition) is 1. The molecule has 0 radical (unpaired) electrons. The van der Waals surface area contributed by atoms with Gasteiger partial charge in [0.2, 0.25) is 0 Å². The van der Waals surface area contributed by atoms with Gasteiger partial charge in [-0.05, 0) is 13.1 Å². The highest BCUT2D eigenvalue weighted by molar-refractivity contribution is 6.54. The minimum atomic E-state index is -1.57. The minimum absolute atomic E-state index is 0. The Bertz CT molecular complexity index is 37.7. The summed E-state index contributed by atoms with van der Waals surface area (Å²) in [5, 5.41) is 0. The van der Waals surface area contributed by atoms with Gasteiger partial charge >= 0.3 is 10.1 Å². The number of hydrogen-bond donors (Lipinski definition) is 0. The Hall–Kier alpha value is 0.114. The number of rotatable bonds is 2. The molecule has 0 aromatic carbocycles. The molecular formula is C2H12F4OSi2. The van der Waals surface area contributed by atoms with Gasteiger partial charge in [0, 0.05) is 0 Å². The first-order chi connectivity index (χ1) is 2.77. The molecular weight excluding hydrogens is 172 g/mol. The van der Waals surface area contributed by atoms with E-state index in [9.17, 15) is 4.11 Å². The van der Waals surface area contributed by atoms with Crippen molar-refractivity contribution in [3.8, 4) is 0 Å². The van der Waals surface area contributed by atoms with Gasteiger partial charge in [0.15, 0.2) is 9.04 Å². The molecule has 0 N–H and O–H groups in total. The normalized spacial score (nSPS) is 8.00. The van der Waals surface area contributed by atoms with Gasteiger partial charge in [-0.25, -0.2) is 0 Å². The molecule has 0 spiro atoms. The summed E-state index contributed by atoms with van der Waals surface area (Å²) >= 11 is 0. The fourth-order valence-corrected chi connectivity index (χ4v) is 1.13. The van der Waals surface area contributed by atoms with Gasteiger partial charge in [-0.1, -0.05) is 0 Å². The van der Waals surface area contributed by atoms with Gasteiger partial charge in [0.1, 0.15) is 0 Å². The van der Waals surface area contributed by atoms with E-state index < -0.39 is 19.1 Å². The lowest BCUT2D eigenvalue weighted by molar-refractivity contribution is 0.556. The van der Waals surface area contributed by atoms with Crippen LogP contribution in [0.1, 0.15) is 0 Å². The number of halogens is 4. The average molecular weight is 184 g/mol. The highest BCUT2D eigenvalue weighted by atomic mass is 28.4. The van der Waals surface area contributed by atoms with Gasteiger partial charge in [0.05, 0.1) is 0 Å². The molecule has 0 heterocycles. The molecule has 0 amide bonds. The van der Waals surface area contributed by atoms with E-state index in [0.717, 1.165) is 0 Å². The van der Waals surface area contributed by atoms with Crippen LogP contribution in [0, 0.1) is 0 Å². The fraction of sp³-hybridized carbons (Fsp3) is 1.00. The van der Waals surface area contributed by atoms with Crippen LogP contribution in [0.3, 0.4) is 0 Å². The second-order valence-corrected chi connectivity index (χ2v) is 4.97. The van der Waals surface area contributed by atoms with E-state index in [1.807, 2.05) is 13.1 Å². The summed E-state index contributed by atoms with van der Waals surface area (Å²) < 4.78 is 15.8. The molecule has 7 heteroatoms. The topological polar surface area (TPSA) is 9.23 Å². The molecule has 0 rings (SSSR count). The molecule has 0 bridgehead atoms. The summed E-state index contributed by atoms with van der Waals surface area (Å²) in [7, 11) is -2.56. The van der Waals surface area contributed by atoms with Crippen LogP contribution >= 0.6 is 0 Å². The van der Waals surface area contributed by atoms with E-state index in [2.05, 4.69) is 4.12 Å².